The van der Waals surface area contributed by atoms with Crippen LogP contribution in [0.1, 0.15) is 31.0 Å². The van der Waals surface area contributed by atoms with Gasteiger partial charge in [0, 0.05) is 10.9 Å². The van der Waals surface area contributed by atoms with Gasteiger partial charge in [0.1, 0.15) is 11.6 Å². The van der Waals surface area contributed by atoms with E-state index in [9.17, 15) is 32.2 Å². The Balaban J connectivity index is 1.81. The molecule has 1 aromatic carbocycles. The number of imidazole rings is 1. The number of hydrogen-bond acceptors (Lipinski definition) is 7. The minimum Gasteiger partial charge on any atom is -0.861 e. The minimum atomic E-state index is -4.60. The van der Waals surface area contributed by atoms with E-state index in [1.165, 1.54) is 12.3 Å². The van der Waals surface area contributed by atoms with Crippen molar-refractivity contribution in [1.29, 1.82) is 0 Å². The number of hydrogen-bond donors (Lipinski definition) is 2. The third-order valence-electron chi connectivity index (χ3n) is 5.09. The maximum atomic E-state index is 14.9. The van der Waals surface area contributed by atoms with E-state index in [-0.39, 0.29) is 24.2 Å². The second kappa shape index (κ2) is 8.91. The molecule has 0 atom stereocenters. The van der Waals surface area contributed by atoms with Gasteiger partial charge in [0.2, 0.25) is 0 Å². The van der Waals surface area contributed by atoms with E-state index in [1.54, 1.807) is 13.0 Å². The second-order valence-corrected chi connectivity index (χ2v) is 9.05. The molecule has 0 bridgehead atoms. The van der Waals surface area contributed by atoms with Crippen molar-refractivity contribution >= 4 is 38.0 Å². The van der Waals surface area contributed by atoms with Crippen LogP contribution in [0.4, 0.5) is 8.78 Å². The normalized spacial score (nSPS) is 12.6. The number of aliphatic hydroxyl groups excluding tert-OH is 1. The lowest BCUT2D eigenvalue weighted by Crippen LogP contribution is -2.20. The van der Waals surface area contributed by atoms with Gasteiger partial charge in [-0.1, -0.05) is 13.3 Å². The van der Waals surface area contributed by atoms with E-state index in [4.69, 9.17) is 0 Å². The highest BCUT2D eigenvalue weighted by Gasteiger charge is 2.21. The van der Waals surface area contributed by atoms with Crippen LogP contribution < -0.4 is 10.8 Å². The fraction of sp³-hybridized carbons (Fsp3) is 0.238. The Kier molecular flexibility index (Phi) is 6.15. The summed E-state index contributed by atoms with van der Waals surface area (Å²) in [4.78, 5) is 22.6. The number of rotatable bonds is 7. The Morgan fingerprint density at radius 1 is 1.26 bits per heavy atom. The van der Waals surface area contributed by atoms with Crippen molar-refractivity contribution in [2.75, 3.05) is 0 Å². The molecule has 2 N–H and O–H groups in total. The van der Waals surface area contributed by atoms with Gasteiger partial charge in [-0.2, -0.15) is 12.8 Å². The zero-order valence-electron chi connectivity index (χ0n) is 17.7. The summed E-state index contributed by atoms with van der Waals surface area (Å²) in [5, 5.41) is 21.3. The zero-order valence-corrected chi connectivity index (χ0v) is 18.6. The third-order valence-corrected chi connectivity index (χ3v) is 6.37. The Morgan fingerprint density at radius 3 is 2.62 bits per heavy atom. The molecule has 0 aliphatic heterocycles. The minimum absolute atomic E-state index is 0.122. The first-order chi connectivity index (χ1) is 16.1. The maximum absolute atomic E-state index is 14.9. The molecule has 34 heavy (non-hydrogen) atoms. The molecule has 4 rings (SSSR count). The lowest BCUT2D eigenvalue weighted by atomic mass is 10.2. The predicted molar refractivity (Wildman–Crippen MR) is 117 cm³/mol. The maximum Gasteiger partial charge on any atom is 0.326 e. The fourth-order valence-electron chi connectivity index (χ4n) is 3.49. The summed E-state index contributed by atoms with van der Waals surface area (Å²) in [6.45, 7) is 0.767. The molecule has 4 aromatic rings. The number of aliphatic hydroxyl groups is 1. The number of fused-ring (bicyclic) bond motifs is 3. The Morgan fingerprint density at radius 2 is 1.97 bits per heavy atom. The number of aromatic amines is 1. The number of nitrogens with one attached hydrogen (secondary N) is 1. The van der Waals surface area contributed by atoms with Gasteiger partial charge in [-0.3, -0.25) is 4.57 Å². The summed E-state index contributed by atoms with van der Waals surface area (Å²) < 4.78 is 58.4. The van der Waals surface area contributed by atoms with Gasteiger partial charge in [-0.05, 0) is 36.6 Å². The van der Waals surface area contributed by atoms with Crippen molar-refractivity contribution in [1.82, 2.24) is 19.5 Å². The molecule has 3 aromatic heterocycles. The first kappa shape index (κ1) is 23.4. The zero-order chi connectivity index (χ0) is 24.6. The molecule has 178 valence electrons. The van der Waals surface area contributed by atoms with Crippen LogP contribution in [-0.4, -0.2) is 38.9 Å². The quantitative estimate of drug-likeness (QED) is 0.293. The first-order valence-corrected chi connectivity index (χ1v) is 11.6. The second-order valence-electron chi connectivity index (χ2n) is 7.44. The molecular formula is C21H18F2N5O5S-. The van der Waals surface area contributed by atoms with Gasteiger partial charge in [0.05, 0.1) is 41.0 Å². The van der Waals surface area contributed by atoms with Crippen LogP contribution in [0.3, 0.4) is 0 Å². The van der Waals surface area contributed by atoms with Gasteiger partial charge in [-0.25, -0.2) is 23.5 Å². The average molecular weight is 490 g/mol. The molecule has 0 aliphatic carbocycles. The molecule has 0 saturated carbocycles. The molecule has 0 aliphatic rings. The van der Waals surface area contributed by atoms with Crippen molar-refractivity contribution in [3.63, 3.8) is 0 Å². The summed E-state index contributed by atoms with van der Waals surface area (Å²) in [6, 6.07) is 4.22. The Labute approximate surface area is 191 Å². The standard InChI is InChI=1S/C21H19F2N5O5S/c1-2-3-18(30)27-34(32,33)12-6-15(22)14(16(23)7-12)9-28-19-13-5-4-11(10-29)25-20(13)24-8-17(19)26-21(28)31/h4-8,29H,2-3,9-10H2,1H3,(H,26,31)(H,27,30)/p-1. The van der Waals surface area contributed by atoms with Gasteiger partial charge in [0.15, 0.2) is 5.65 Å². The molecule has 0 radical (unpaired) electrons. The van der Waals surface area contributed by atoms with Crippen molar-refractivity contribution in [2.45, 2.75) is 37.8 Å². The highest BCUT2D eigenvalue weighted by Crippen LogP contribution is 2.25. The van der Waals surface area contributed by atoms with Gasteiger partial charge in [0.25, 0.3) is 10.0 Å². The number of sulfonamides is 1. The van der Waals surface area contributed by atoms with Gasteiger partial charge in [-0.15, -0.1) is 0 Å². The number of H-pyrrole nitrogens is 1. The lowest BCUT2D eigenvalue weighted by Gasteiger charge is -2.11. The molecule has 0 spiro atoms. The number of pyridine rings is 2. The number of aromatic nitrogens is 4. The highest BCUT2D eigenvalue weighted by molar-refractivity contribution is 7.90. The fourth-order valence-corrected chi connectivity index (χ4v) is 4.46. The van der Waals surface area contributed by atoms with E-state index in [2.05, 4.69) is 19.3 Å². The van der Waals surface area contributed by atoms with E-state index in [0.29, 0.717) is 35.2 Å². The Hall–Kier alpha value is -3.71. The van der Waals surface area contributed by atoms with Crippen LogP contribution in [0.25, 0.3) is 22.1 Å². The summed E-state index contributed by atoms with van der Waals surface area (Å²) in [5.41, 5.74) is -0.0991. The summed E-state index contributed by atoms with van der Waals surface area (Å²) >= 11 is 0. The SMILES string of the molecule is CCC/C([O-])=N/S(=O)(=O)c1cc(F)c(Cn2c(=O)[nH]c3cnc4nc(CO)ccc4c32)c(F)c1. The molecular weight excluding hydrogens is 472 g/mol. The van der Waals surface area contributed by atoms with Gasteiger partial charge >= 0.3 is 5.69 Å². The summed E-state index contributed by atoms with van der Waals surface area (Å²) in [5.74, 6) is -3.37. The summed E-state index contributed by atoms with van der Waals surface area (Å²) in [7, 11) is -4.60. The van der Waals surface area contributed by atoms with Crippen LogP contribution in [0.2, 0.25) is 0 Å². The largest absolute Gasteiger partial charge is 0.861 e. The topological polar surface area (TPSA) is 153 Å². The van der Waals surface area contributed by atoms with Crippen molar-refractivity contribution in [2.24, 2.45) is 4.40 Å². The lowest BCUT2D eigenvalue weighted by molar-refractivity contribution is -0.218. The van der Waals surface area contributed by atoms with Crippen molar-refractivity contribution < 1.29 is 27.4 Å². The molecule has 0 saturated heterocycles. The smallest absolute Gasteiger partial charge is 0.326 e. The molecule has 13 heteroatoms. The first-order valence-electron chi connectivity index (χ1n) is 10.1. The Bertz CT molecular complexity index is 1590. The molecule has 0 amide bonds. The molecule has 10 nitrogen and oxygen atoms in total. The average Bonchev–Trinajstić information content (AvgIpc) is 3.10. The third kappa shape index (κ3) is 4.26. The molecule has 0 fully saturated rings. The van der Waals surface area contributed by atoms with E-state index in [0.717, 1.165) is 4.57 Å². The van der Waals surface area contributed by atoms with E-state index >= 15 is 0 Å². The van der Waals surface area contributed by atoms with Crippen LogP contribution >= 0.6 is 0 Å². The van der Waals surface area contributed by atoms with Crippen LogP contribution in [0.5, 0.6) is 0 Å². The van der Waals surface area contributed by atoms with E-state index < -0.39 is 50.2 Å². The highest BCUT2D eigenvalue weighted by atomic mass is 32.2. The van der Waals surface area contributed by atoms with Crippen LogP contribution in [0.15, 0.2) is 44.6 Å². The van der Waals surface area contributed by atoms with Gasteiger partial charge < -0.3 is 15.2 Å². The molecule has 3 heterocycles. The van der Waals surface area contributed by atoms with Crippen molar-refractivity contribution in [3.8, 4) is 0 Å². The number of nitrogens with zero attached hydrogens (tertiary/aromatic N) is 4. The van der Waals surface area contributed by atoms with Crippen molar-refractivity contribution in [3.05, 3.63) is 63.8 Å². The number of benzene rings is 1. The molecule has 0 unspecified atom stereocenters. The van der Waals surface area contributed by atoms with Crippen LogP contribution in [-0.2, 0) is 23.2 Å². The summed E-state index contributed by atoms with van der Waals surface area (Å²) in [6.07, 6.45) is 1.57. The van der Waals surface area contributed by atoms with E-state index in [1.807, 2.05) is 0 Å². The predicted octanol–water partition coefficient (Wildman–Crippen LogP) is 1.34. The number of halogens is 2. The monoisotopic (exact) mass is 490 g/mol. The van der Waals surface area contributed by atoms with Crippen LogP contribution in [0, 0.1) is 11.6 Å².